The molecule has 1 saturated heterocycles. The minimum absolute atomic E-state index is 0.0127. The highest BCUT2D eigenvalue weighted by atomic mass is 35.5. The first-order valence-corrected chi connectivity index (χ1v) is 13.8. The second-order valence-corrected chi connectivity index (χ2v) is 10.5. The highest BCUT2D eigenvalue weighted by Crippen LogP contribution is 2.40. The topological polar surface area (TPSA) is 246 Å². The highest BCUT2D eigenvalue weighted by Gasteiger charge is 2.54. The summed E-state index contributed by atoms with van der Waals surface area (Å²) < 4.78 is 0. The maximum Gasteiger partial charge on any atom is 0.352 e. The third-order valence-electron chi connectivity index (χ3n) is 5.58. The van der Waals surface area contributed by atoms with Gasteiger partial charge in [0.25, 0.3) is 23.6 Å². The van der Waals surface area contributed by atoms with Crippen molar-refractivity contribution in [3.63, 3.8) is 0 Å². The molecule has 2 aliphatic heterocycles. The van der Waals surface area contributed by atoms with E-state index in [1.165, 1.54) is 23.2 Å². The molecule has 16 nitrogen and oxygen atoms in total. The zero-order valence-corrected chi connectivity index (χ0v) is 22.9. The number of thioether (sulfide) groups is 1. The van der Waals surface area contributed by atoms with Crippen molar-refractivity contribution < 1.29 is 44.1 Å². The molecule has 41 heavy (non-hydrogen) atoms. The first-order valence-electron chi connectivity index (χ1n) is 11.3. The number of benzene rings is 1. The molecule has 0 aliphatic carbocycles. The molecule has 216 valence electrons. The second-order valence-electron chi connectivity index (χ2n) is 8.24. The van der Waals surface area contributed by atoms with Crippen LogP contribution < -0.4 is 21.9 Å². The number of carbonyl (C=O) groups excluding carboxylic acids is 4. The number of nitrogens with zero attached hydrogens (tertiary/aromatic N) is 3. The van der Waals surface area contributed by atoms with E-state index in [4.69, 9.17) is 22.2 Å². The number of nitrogen functional groups attached to an aromatic ring is 1. The lowest BCUT2D eigenvalue weighted by atomic mass is 10.0. The summed E-state index contributed by atoms with van der Waals surface area (Å²) in [5, 5.41) is 35.3. The summed E-state index contributed by atoms with van der Waals surface area (Å²) in [5.74, 6) is -5.36. The Bertz CT molecular complexity index is 1500. The Hall–Kier alpha value is -4.55. The van der Waals surface area contributed by atoms with E-state index in [9.17, 15) is 39.3 Å². The van der Waals surface area contributed by atoms with Crippen LogP contribution >= 0.6 is 34.7 Å². The lowest BCUT2D eigenvalue weighted by Crippen LogP contribution is -2.71. The van der Waals surface area contributed by atoms with Crippen molar-refractivity contribution in [2.45, 2.75) is 11.4 Å². The van der Waals surface area contributed by atoms with Gasteiger partial charge in [-0.1, -0.05) is 5.16 Å². The van der Waals surface area contributed by atoms with Gasteiger partial charge in [0, 0.05) is 22.6 Å². The Kier molecular flexibility index (Phi) is 8.84. The number of phenols is 2. The summed E-state index contributed by atoms with van der Waals surface area (Å²) in [6.45, 7) is -0.764. The number of rotatable bonds is 9. The number of nitrogens with two attached hydrogens (primary N) is 1. The Labute approximate surface area is 243 Å². The van der Waals surface area contributed by atoms with E-state index < -0.39 is 64.8 Å². The number of phenolic OH excluding ortho intramolecular Hbond substituents is 2. The predicted molar refractivity (Wildman–Crippen MR) is 145 cm³/mol. The number of thiazole rings is 1. The number of carboxylic acids is 1. The van der Waals surface area contributed by atoms with Gasteiger partial charge in [0.15, 0.2) is 28.9 Å². The molecule has 4 amide bonds. The van der Waals surface area contributed by atoms with Gasteiger partial charge in [0.05, 0.1) is 0 Å². The van der Waals surface area contributed by atoms with E-state index in [-0.39, 0.29) is 33.7 Å². The van der Waals surface area contributed by atoms with Crippen LogP contribution in [0.25, 0.3) is 0 Å². The van der Waals surface area contributed by atoms with Crippen LogP contribution in [0, 0.1) is 0 Å². The quantitative estimate of drug-likeness (QED) is 0.0601. The van der Waals surface area contributed by atoms with Crippen LogP contribution in [0.4, 0.5) is 5.13 Å². The Morgan fingerprint density at radius 3 is 2.61 bits per heavy atom. The summed E-state index contributed by atoms with van der Waals surface area (Å²) >= 11 is 8.05. The third-order valence-corrected chi connectivity index (χ3v) is 7.92. The minimum atomic E-state index is -1.31. The number of aromatic hydroxyl groups is 2. The maximum atomic E-state index is 13.1. The minimum Gasteiger partial charge on any atom is -0.504 e. The van der Waals surface area contributed by atoms with Crippen molar-refractivity contribution in [2.75, 3.05) is 24.0 Å². The van der Waals surface area contributed by atoms with Gasteiger partial charge >= 0.3 is 5.97 Å². The molecule has 8 N–H and O–H groups in total. The molecule has 2 aliphatic rings. The summed E-state index contributed by atoms with van der Waals surface area (Å²) in [6, 6.07) is 2.19. The van der Waals surface area contributed by atoms with Crippen molar-refractivity contribution in [3.8, 4) is 11.5 Å². The fourth-order valence-electron chi connectivity index (χ4n) is 3.65. The van der Waals surface area contributed by atoms with Gasteiger partial charge in [0.2, 0.25) is 0 Å². The zero-order valence-electron chi connectivity index (χ0n) is 20.5. The van der Waals surface area contributed by atoms with Crippen molar-refractivity contribution in [1.29, 1.82) is 0 Å². The van der Waals surface area contributed by atoms with Gasteiger partial charge in [-0.3, -0.25) is 34.9 Å². The van der Waals surface area contributed by atoms with Crippen molar-refractivity contribution in [3.05, 3.63) is 46.1 Å². The number of hydrazine groups is 1. The molecule has 2 atom stereocenters. The smallest absolute Gasteiger partial charge is 0.352 e. The second kappa shape index (κ2) is 12.3. The molecular formula is C22H20ClN7O9S2. The molecule has 1 aromatic carbocycles. The summed E-state index contributed by atoms with van der Waals surface area (Å²) in [7, 11) is 0. The van der Waals surface area contributed by atoms with Crippen molar-refractivity contribution in [2.24, 2.45) is 5.16 Å². The van der Waals surface area contributed by atoms with Crippen LogP contribution in [0.5, 0.6) is 11.5 Å². The van der Waals surface area contributed by atoms with Gasteiger partial charge in [-0.25, -0.2) is 9.78 Å². The largest absolute Gasteiger partial charge is 0.504 e. The zero-order chi connectivity index (χ0) is 29.8. The standard InChI is InChI=1S/C22H20ClN7O9S2/c23-4-9-6-40-20-15(19(36)30(20)16(9)21(37)38)26-18(35)14(10-7-41-22(24)25-10)29-39-5-13(33)27-28-17(34)8-1-2-11(31)12(32)3-8/h1-3,7,15,20,31-32H,4-6H2,(H2,24,25)(H,26,35)(H,27,33)(H,28,34)(H,37,38)/b29-14-/t15?,20-/m1/s1. The number of hydrogen-bond donors (Lipinski definition) is 7. The van der Waals surface area contributed by atoms with Crippen LogP contribution in [0.2, 0.25) is 0 Å². The monoisotopic (exact) mass is 625 g/mol. The molecule has 0 saturated carbocycles. The number of β-lactam (4-membered cyclic amide) rings is 1. The van der Waals surface area contributed by atoms with Gasteiger partial charge < -0.3 is 31.2 Å². The SMILES string of the molecule is Nc1nc(/C(=N/OCC(=O)NNC(=O)c2ccc(O)c(O)c2)C(=O)NC2C(=O)N3C(C(=O)O)=C(CCl)CS[C@H]23)cs1. The highest BCUT2D eigenvalue weighted by molar-refractivity contribution is 8.00. The fourth-order valence-corrected chi connectivity index (χ4v) is 5.88. The lowest BCUT2D eigenvalue weighted by Gasteiger charge is -2.49. The number of carboxylic acid groups (broad SMARTS) is 1. The summed E-state index contributed by atoms with van der Waals surface area (Å²) in [4.78, 5) is 71.8. The Morgan fingerprint density at radius 2 is 1.98 bits per heavy atom. The number of anilines is 1. The first-order chi connectivity index (χ1) is 19.5. The molecule has 2 aromatic rings. The van der Waals surface area contributed by atoms with Crippen LogP contribution in [0.15, 0.2) is 40.0 Å². The van der Waals surface area contributed by atoms with E-state index in [0.717, 1.165) is 28.4 Å². The van der Waals surface area contributed by atoms with Crippen molar-refractivity contribution in [1.82, 2.24) is 26.1 Å². The molecule has 1 unspecified atom stereocenters. The molecule has 1 aromatic heterocycles. The van der Waals surface area contributed by atoms with Gasteiger partial charge in [-0.15, -0.1) is 34.7 Å². The number of halogens is 1. The van der Waals surface area contributed by atoms with Gasteiger partial charge in [0.1, 0.15) is 22.8 Å². The number of carbonyl (C=O) groups is 5. The van der Waals surface area contributed by atoms with Crippen LogP contribution in [0.3, 0.4) is 0 Å². The molecule has 3 heterocycles. The van der Waals surface area contributed by atoms with Crippen LogP contribution in [-0.4, -0.2) is 90.2 Å². The molecule has 1 fully saturated rings. The Morgan fingerprint density at radius 1 is 1.22 bits per heavy atom. The van der Waals surface area contributed by atoms with Crippen molar-refractivity contribution >= 4 is 75.1 Å². The normalized spacial score (nSPS) is 18.2. The molecular weight excluding hydrogens is 606 g/mol. The third kappa shape index (κ3) is 6.28. The number of amides is 4. The van der Waals surface area contributed by atoms with Gasteiger partial charge in [-0.2, -0.15) is 0 Å². The lowest BCUT2D eigenvalue weighted by molar-refractivity contribution is -0.150. The Balaban J connectivity index is 1.39. The number of nitrogens with one attached hydrogen (secondary N) is 3. The molecule has 0 radical (unpaired) electrons. The predicted octanol–water partition coefficient (Wildman–Crippen LogP) is -0.704. The molecule has 0 spiro atoms. The van der Waals surface area contributed by atoms with Crippen LogP contribution in [-0.2, 0) is 24.0 Å². The average Bonchev–Trinajstić information content (AvgIpc) is 3.38. The van der Waals surface area contributed by atoms with Crippen LogP contribution in [0.1, 0.15) is 16.1 Å². The number of oxime groups is 1. The summed E-state index contributed by atoms with van der Waals surface area (Å²) in [5.41, 5.74) is 9.43. The van der Waals surface area contributed by atoms with E-state index in [2.05, 4.69) is 20.9 Å². The number of aromatic nitrogens is 1. The number of alkyl halides is 1. The summed E-state index contributed by atoms with van der Waals surface area (Å²) in [6.07, 6.45) is 0. The number of fused-ring (bicyclic) bond motifs is 1. The number of hydrogen-bond acceptors (Lipinski definition) is 13. The van der Waals surface area contributed by atoms with Gasteiger partial charge in [-0.05, 0) is 23.8 Å². The molecule has 4 rings (SSSR count). The van der Waals surface area contributed by atoms with E-state index in [1.54, 1.807) is 0 Å². The molecule has 0 bridgehead atoms. The average molecular weight is 626 g/mol. The van der Waals surface area contributed by atoms with E-state index >= 15 is 0 Å². The maximum absolute atomic E-state index is 13.1. The molecule has 19 heteroatoms. The van der Waals surface area contributed by atoms with E-state index in [1.807, 2.05) is 5.43 Å². The fraction of sp³-hybridized carbons (Fsp3) is 0.227. The van der Waals surface area contributed by atoms with E-state index in [0.29, 0.717) is 5.57 Å². The number of aliphatic carboxylic acids is 1. The first kappa shape index (κ1) is 29.4.